The fourth-order valence-corrected chi connectivity index (χ4v) is 7.59. The first-order valence-corrected chi connectivity index (χ1v) is 12.7. The van der Waals surface area contributed by atoms with E-state index in [1.54, 1.807) is 6.07 Å². The van der Waals surface area contributed by atoms with E-state index in [1.165, 1.54) is 64.9 Å². The monoisotopic (exact) mass is 450 g/mol. The summed E-state index contributed by atoms with van der Waals surface area (Å²) in [4.78, 5) is 12.6. The molecule has 4 aliphatic carbocycles. The van der Waals surface area contributed by atoms with E-state index in [0.29, 0.717) is 11.5 Å². The number of sulfonamides is 1. The second-order valence-corrected chi connectivity index (χ2v) is 11.5. The van der Waals surface area contributed by atoms with Crippen LogP contribution in [0.5, 0.6) is 11.5 Å². The zero-order chi connectivity index (χ0) is 22.2. The van der Waals surface area contributed by atoms with E-state index in [9.17, 15) is 13.2 Å². The molecule has 1 aromatic carbocycles. The van der Waals surface area contributed by atoms with Crippen molar-refractivity contribution in [2.24, 2.45) is 23.2 Å². The first kappa shape index (κ1) is 22.4. The number of nitrogens with one attached hydrogen (secondary N) is 2. The van der Waals surface area contributed by atoms with E-state index < -0.39 is 10.0 Å². The highest BCUT2D eigenvalue weighted by Crippen LogP contribution is 2.61. The van der Waals surface area contributed by atoms with Crippen molar-refractivity contribution in [2.45, 2.75) is 62.8 Å². The lowest BCUT2D eigenvalue weighted by atomic mass is 9.48. The van der Waals surface area contributed by atoms with E-state index in [0.717, 1.165) is 17.8 Å². The number of amides is 1. The Morgan fingerprint density at radius 2 is 1.65 bits per heavy atom. The smallest absolute Gasteiger partial charge is 0.240 e. The Labute approximate surface area is 185 Å². The summed E-state index contributed by atoms with van der Waals surface area (Å²) in [5.41, 5.74) is 0.240. The van der Waals surface area contributed by atoms with Gasteiger partial charge in [0.1, 0.15) is 0 Å². The number of benzene rings is 1. The summed E-state index contributed by atoms with van der Waals surface area (Å²) in [7, 11) is -0.796. The number of methoxy groups -OCH3 is 2. The third-order valence-electron chi connectivity index (χ3n) is 7.69. The van der Waals surface area contributed by atoms with Crippen molar-refractivity contribution in [3.05, 3.63) is 18.2 Å². The Morgan fingerprint density at radius 3 is 2.19 bits per heavy atom. The summed E-state index contributed by atoms with van der Waals surface area (Å²) in [5, 5.41) is 3.19. The highest BCUT2D eigenvalue weighted by Gasteiger charge is 2.53. The molecule has 2 N–H and O–H groups in total. The zero-order valence-electron chi connectivity index (χ0n) is 18.6. The minimum Gasteiger partial charge on any atom is -0.493 e. The third-order valence-corrected chi connectivity index (χ3v) is 9.15. The van der Waals surface area contributed by atoms with Crippen molar-refractivity contribution < 1.29 is 22.7 Å². The topological polar surface area (TPSA) is 93.7 Å². The molecule has 4 saturated carbocycles. The summed E-state index contributed by atoms with van der Waals surface area (Å²) in [6, 6.07) is 4.55. The van der Waals surface area contributed by atoms with Gasteiger partial charge in [-0.1, -0.05) is 0 Å². The quantitative estimate of drug-likeness (QED) is 0.603. The summed E-state index contributed by atoms with van der Waals surface area (Å²) >= 11 is 0. The molecular formula is C23H34N2O5S. The molecule has 8 heteroatoms. The standard InChI is InChI=1S/C23H34N2O5S/c1-15(23-12-16-8-17(13-23)10-18(9-16)14-23)25-22(26)6-7-24-31(27,28)19-4-5-20(29-2)21(11-19)30-3/h4-5,11,15-18,24H,6-10,12-14H2,1-3H3,(H,25,26). The number of ether oxygens (including phenoxy) is 2. The largest absolute Gasteiger partial charge is 0.493 e. The predicted molar refractivity (Wildman–Crippen MR) is 118 cm³/mol. The van der Waals surface area contributed by atoms with Gasteiger partial charge < -0.3 is 14.8 Å². The van der Waals surface area contributed by atoms with Crippen molar-refractivity contribution in [1.82, 2.24) is 10.0 Å². The lowest BCUT2D eigenvalue weighted by Gasteiger charge is -2.59. The van der Waals surface area contributed by atoms with Gasteiger partial charge in [-0.05, 0) is 80.8 Å². The van der Waals surface area contributed by atoms with Gasteiger partial charge in [0, 0.05) is 25.1 Å². The van der Waals surface area contributed by atoms with Gasteiger partial charge in [-0.2, -0.15) is 0 Å². The van der Waals surface area contributed by atoms with Crippen LogP contribution >= 0.6 is 0 Å². The van der Waals surface area contributed by atoms with Crippen LogP contribution in [-0.4, -0.2) is 41.1 Å². The molecule has 0 heterocycles. The van der Waals surface area contributed by atoms with Gasteiger partial charge in [0.25, 0.3) is 0 Å². The minimum absolute atomic E-state index is 0.0517. The zero-order valence-corrected chi connectivity index (χ0v) is 19.5. The second-order valence-electron chi connectivity index (χ2n) is 9.73. The number of hydrogen-bond acceptors (Lipinski definition) is 5. The van der Waals surface area contributed by atoms with Crippen LogP contribution in [0.15, 0.2) is 23.1 Å². The van der Waals surface area contributed by atoms with Gasteiger partial charge in [-0.3, -0.25) is 4.79 Å². The number of carbonyl (C=O) groups excluding carboxylic acids is 1. The van der Waals surface area contributed by atoms with Crippen molar-refractivity contribution in [1.29, 1.82) is 0 Å². The van der Waals surface area contributed by atoms with Gasteiger partial charge in [0.2, 0.25) is 15.9 Å². The molecule has 0 aliphatic heterocycles. The van der Waals surface area contributed by atoms with E-state index >= 15 is 0 Å². The fourth-order valence-electron chi connectivity index (χ4n) is 6.54. The van der Waals surface area contributed by atoms with Crippen LogP contribution in [0.3, 0.4) is 0 Å². The summed E-state index contributed by atoms with van der Waals surface area (Å²) in [6.45, 7) is 2.19. The van der Waals surface area contributed by atoms with E-state index in [-0.39, 0.29) is 35.2 Å². The Balaban J connectivity index is 1.30. The van der Waals surface area contributed by atoms with Gasteiger partial charge in [0.15, 0.2) is 11.5 Å². The van der Waals surface area contributed by atoms with Crippen LogP contribution in [0.1, 0.15) is 51.9 Å². The van der Waals surface area contributed by atoms with Crippen molar-refractivity contribution >= 4 is 15.9 Å². The van der Waals surface area contributed by atoms with Gasteiger partial charge in [0.05, 0.1) is 19.1 Å². The van der Waals surface area contributed by atoms with E-state index in [2.05, 4.69) is 17.0 Å². The molecule has 31 heavy (non-hydrogen) atoms. The Hall–Kier alpha value is -1.80. The molecule has 0 aromatic heterocycles. The molecule has 0 saturated heterocycles. The maximum absolute atomic E-state index is 12.6. The number of rotatable bonds is 9. The maximum Gasteiger partial charge on any atom is 0.240 e. The molecule has 7 nitrogen and oxygen atoms in total. The second kappa shape index (κ2) is 8.62. The molecular weight excluding hydrogens is 416 g/mol. The van der Waals surface area contributed by atoms with Crippen LogP contribution in [0.2, 0.25) is 0 Å². The average Bonchev–Trinajstić information content (AvgIpc) is 2.72. The van der Waals surface area contributed by atoms with Gasteiger partial charge in [-0.25, -0.2) is 13.1 Å². The Kier molecular flexibility index (Phi) is 6.23. The Bertz CT molecular complexity index is 895. The highest BCUT2D eigenvalue weighted by molar-refractivity contribution is 7.89. The van der Waals surface area contributed by atoms with Gasteiger partial charge >= 0.3 is 0 Å². The SMILES string of the molecule is COc1ccc(S(=O)(=O)NCCC(=O)NC(C)C23CC4CC(CC(C4)C2)C3)cc1OC. The molecule has 5 rings (SSSR count). The Morgan fingerprint density at radius 1 is 1.06 bits per heavy atom. The number of hydrogen-bond donors (Lipinski definition) is 2. The summed E-state index contributed by atoms with van der Waals surface area (Å²) < 4.78 is 38.0. The van der Waals surface area contributed by atoms with Crippen LogP contribution in [0.25, 0.3) is 0 Å². The van der Waals surface area contributed by atoms with Crippen molar-refractivity contribution in [2.75, 3.05) is 20.8 Å². The van der Waals surface area contributed by atoms with Crippen LogP contribution in [-0.2, 0) is 14.8 Å². The molecule has 0 spiro atoms. The molecule has 4 aliphatic rings. The average molecular weight is 451 g/mol. The third kappa shape index (κ3) is 4.55. The summed E-state index contributed by atoms with van der Waals surface area (Å²) in [6.07, 6.45) is 7.92. The van der Waals surface area contributed by atoms with Gasteiger partial charge in [-0.15, -0.1) is 0 Å². The van der Waals surface area contributed by atoms with Crippen LogP contribution < -0.4 is 19.5 Å². The lowest BCUT2D eigenvalue weighted by molar-refractivity contribution is -0.125. The van der Waals surface area contributed by atoms with Crippen LogP contribution in [0, 0.1) is 23.2 Å². The molecule has 1 unspecified atom stereocenters. The normalized spacial score (nSPS) is 30.1. The molecule has 172 valence electrons. The molecule has 4 fully saturated rings. The maximum atomic E-state index is 12.6. The first-order valence-electron chi connectivity index (χ1n) is 11.3. The van der Waals surface area contributed by atoms with Crippen LogP contribution in [0.4, 0.5) is 0 Å². The molecule has 1 aromatic rings. The molecule has 1 amide bonds. The predicted octanol–water partition coefficient (Wildman–Crippen LogP) is 3.09. The molecule has 4 bridgehead atoms. The lowest BCUT2D eigenvalue weighted by Crippen LogP contribution is -2.56. The summed E-state index contributed by atoms with van der Waals surface area (Å²) in [5.74, 6) is 3.20. The minimum atomic E-state index is -3.74. The van der Waals surface area contributed by atoms with Crippen molar-refractivity contribution in [3.8, 4) is 11.5 Å². The number of carbonyl (C=O) groups is 1. The highest BCUT2D eigenvalue weighted by atomic mass is 32.2. The van der Waals surface area contributed by atoms with E-state index in [1.807, 2.05) is 0 Å². The fraction of sp³-hybridized carbons (Fsp3) is 0.696. The first-order chi connectivity index (χ1) is 14.7. The molecule has 1 atom stereocenters. The van der Waals surface area contributed by atoms with E-state index in [4.69, 9.17) is 9.47 Å². The van der Waals surface area contributed by atoms with Crippen molar-refractivity contribution in [3.63, 3.8) is 0 Å². The molecule has 0 radical (unpaired) electrons.